The van der Waals surface area contributed by atoms with E-state index < -0.39 is 11.9 Å². The van der Waals surface area contributed by atoms with Crippen molar-refractivity contribution in [2.45, 2.75) is 13.5 Å². The van der Waals surface area contributed by atoms with E-state index in [4.69, 9.17) is 10.8 Å². The number of carbonyl (C=O) groups is 1. The fourth-order valence-corrected chi connectivity index (χ4v) is 0.838. The Hall–Kier alpha value is -1.52. The molecule has 1 heterocycles. The molecule has 1 rings (SSSR count). The lowest BCUT2D eigenvalue weighted by atomic mass is 10.2. The molecular weight excluding hydrogens is 158 g/mol. The highest BCUT2D eigenvalue weighted by atomic mass is 16.4. The Kier molecular flexibility index (Phi) is 2.32. The molecule has 0 radical (unpaired) electrons. The Morgan fingerprint density at radius 2 is 2.58 bits per heavy atom. The molecule has 0 bridgehead atoms. The van der Waals surface area contributed by atoms with Gasteiger partial charge in [-0.2, -0.15) is 5.10 Å². The van der Waals surface area contributed by atoms with Crippen LogP contribution in [0.5, 0.6) is 0 Å². The minimum atomic E-state index is -0.830. The van der Waals surface area contributed by atoms with Crippen LogP contribution in [0, 0.1) is 5.92 Å². The van der Waals surface area contributed by atoms with Gasteiger partial charge in [-0.1, -0.05) is 6.92 Å². The quantitative estimate of drug-likeness (QED) is 0.676. The van der Waals surface area contributed by atoms with Crippen LogP contribution in [0.3, 0.4) is 0 Å². The normalized spacial score (nSPS) is 12.8. The second-order valence-corrected chi connectivity index (χ2v) is 2.70. The highest BCUT2D eigenvalue weighted by molar-refractivity contribution is 5.69. The molecule has 1 unspecified atom stereocenters. The van der Waals surface area contributed by atoms with Crippen molar-refractivity contribution < 1.29 is 9.90 Å². The maximum absolute atomic E-state index is 10.4. The Morgan fingerprint density at radius 3 is 3.00 bits per heavy atom. The number of rotatable bonds is 3. The second-order valence-electron chi connectivity index (χ2n) is 2.70. The monoisotopic (exact) mass is 169 g/mol. The molecule has 1 aromatic rings. The summed E-state index contributed by atoms with van der Waals surface area (Å²) in [4.78, 5) is 10.4. The Labute approximate surface area is 69.8 Å². The van der Waals surface area contributed by atoms with Crippen LogP contribution >= 0.6 is 0 Å². The van der Waals surface area contributed by atoms with Crippen molar-refractivity contribution in [3.63, 3.8) is 0 Å². The Balaban J connectivity index is 2.58. The molecule has 66 valence electrons. The number of nitrogen functional groups attached to an aromatic ring is 1. The van der Waals surface area contributed by atoms with Crippen LogP contribution in [-0.4, -0.2) is 20.9 Å². The van der Waals surface area contributed by atoms with Gasteiger partial charge in [0.2, 0.25) is 0 Å². The van der Waals surface area contributed by atoms with Gasteiger partial charge in [0.05, 0.1) is 12.5 Å². The fourth-order valence-electron chi connectivity index (χ4n) is 0.838. The molecule has 0 aliphatic carbocycles. The number of carboxylic acid groups (broad SMARTS) is 1. The molecule has 0 saturated carbocycles. The van der Waals surface area contributed by atoms with E-state index in [1.165, 1.54) is 4.68 Å². The minimum Gasteiger partial charge on any atom is -0.481 e. The van der Waals surface area contributed by atoms with E-state index in [2.05, 4.69) is 5.10 Å². The predicted octanol–water partition coefficient (Wildman–Crippen LogP) is 0.186. The lowest BCUT2D eigenvalue weighted by Gasteiger charge is -2.04. The summed E-state index contributed by atoms with van der Waals surface area (Å²) in [5.74, 6) is -0.860. The molecule has 0 amide bonds. The van der Waals surface area contributed by atoms with E-state index in [9.17, 15) is 4.79 Å². The molecule has 0 saturated heterocycles. The van der Waals surface area contributed by atoms with Gasteiger partial charge >= 0.3 is 5.97 Å². The van der Waals surface area contributed by atoms with Gasteiger partial charge in [0.1, 0.15) is 5.82 Å². The summed E-state index contributed by atoms with van der Waals surface area (Å²) in [6.45, 7) is 1.98. The van der Waals surface area contributed by atoms with E-state index in [-0.39, 0.29) is 0 Å². The van der Waals surface area contributed by atoms with E-state index >= 15 is 0 Å². The third-order valence-electron chi connectivity index (χ3n) is 1.54. The zero-order valence-corrected chi connectivity index (χ0v) is 6.77. The molecule has 0 spiro atoms. The largest absolute Gasteiger partial charge is 0.481 e. The molecule has 5 nitrogen and oxygen atoms in total. The van der Waals surface area contributed by atoms with E-state index in [0.29, 0.717) is 12.4 Å². The zero-order chi connectivity index (χ0) is 9.14. The van der Waals surface area contributed by atoms with Crippen LogP contribution in [-0.2, 0) is 11.3 Å². The maximum Gasteiger partial charge on any atom is 0.308 e. The number of anilines is 1. The molecule has 1 aromatic heterocycles. The third-order valence-corrected chi connectivity index (χ3v) is 1.54. The second kappa shape index (κ2) is 3.25. The van der Waals surface area contributed by atoms with Gasteiger partial charge in [-0.25, -0.2) is 0 Å². The van der Waals surface area contributed by atoms with Gasteiger partial charge < -0.3 is 10.8 Å². The molecule has 1 atom stereocenters. The Morgan fingerprint density at radius 1 is 1.92 bits per heavy atom. The zero-order valence-electron chi connectivity index (χ0n) is 6.77. The summed E-state index contributed by atoms with van der Waals surface area (Å²) in [5, 5.41) is 12.4. The van der Waals surface area contributed by atoms with Crippen molar-refractivity contribution in [3.05, 3.63) is 12.3 Å². The fraction of sp³-hybridized carbons (Fsp3) is 0.429. The summed E-state index contributed by atoms with van der Waals surface area (Å²) in [7, 11) is 0. The van der Waals surface area contributed by atoms with Crippen LogP contribution < -0.4 is 5.73 Å². The summed E-state index contributed by atoms with van der Waals surface area (Å²) in [6, 6.07) is 1.63. The van der Waals surface area contributed by atoms with Gasteiger partial charge in [-0.15, -0.1) is 0 Å². The van der Waals surface area contributed by atoms with Gasteiger partial charge in [-0.3, -0.25) is 9.48 Å². The van der Waals surface area contributed by atoms with Crippen LogP contribution in [0.25, 0.3) is 0 Å². The maximum atomic E-state index is 10.4. The summed E-state index contributed by atoms with van der Waals surface area (Å²) < 4.78 is 1.52. The number of carboxylic acids is 1. The molecular formula is C7H11N3O2. The topological polar surface area (TPSA) is 81.1 Å². The average Bonchev–Trinajstić information content (AvgIpc) is 2.35. The molecule has 0 fully saturated rings. The highest BCUT2D eigenvalue weighted by Gasteiger charge is 2.11. The van der Waals surface area contributed by atoms with Crippen molar-refractivity contribution in [2.24, 2.45) is 5.92 Å². The number of nitrogens with two attached hydrogens (primary N) is 1. The van der Waals surface area contributed by atoms with Crippen LogP contribution in [0.4, 0.5) is 5.82 Å². The molecule has 3 N–H and O–H groups in total. The van der Waals surface area contributed by atoms with Gasteiger partial charge in [0.15, 0.2) is 0 Å². The Bertz CT molecular complexity index is 282. The lowest BCUT2D eigenvalue weighted by Crippen LogP contribution is -2.17. The van der Waals surface area contributed by atoms with Crippen molar-refractivity contribution >= 4 is 11.8 Å². The van der Waals surface area contributed by atoms with Crippen molar-refractivity contribution in [1.82, 2.24) is 9.78 Å². The number of hydrogen-bond donors (Lipinski definition) is 2. The van der Waals surface area contributed by atoms with Crippen molar-refractivity contribution in [1.29, 1.82) is 0 Å². The molecule has 0 aliphatic rings. The van der Waals surface area contributed by atoms with Crippen molar-refractivity contribution in [2.75, 3.05) is 5.73 Å². The SMILES string of the molecule is CC(Cn1ccc(N)n1)C(=O)O. The standard InChI is InChI=1S/C7H11N3O2/c1-5(7(11)12)4-10-3-2-6(8)9-10/h2-3,5H,4H2,1H3,(H2,8,9)(H,11,12). The van der Waals surface area contributed by atoms with Crippen LogP contribution in [0.15, 0.2) is 12.3 Å². The van der Waals surface area contributed by atoms with E-state index in [1.54, 1.807) is 19.2 Å². The number of hydrogen-bond acceptors (Lipinski definition) is 3. The summed E-state index contributed by atoms with van der Waals surface area (Å²) >= 11 is 0. The summed E-state index contributed by atoms with van der Waals surface area (Å²) in [5.41, 5.74) is 5.35. The smallest absolute Gasteiger partial charge is 0.308 e. The molecule has 12 heavy (non-hydrogen) atoms. The minimum absolute atomic E-state index is 0.354. The van der Waals surface area contributed by atoms with Crippen LogP contribution in [0.1, 0.15) is 6.92 Å². The first-order valence-corrected chi connectivity index (χ1v) is 3.61. The number of aliphatic carboxylic acids is 1. The first-order chi connectivity index (χ1) is 5.59. The average molecular weight is 169 g/mol. The summed E-state index contributed by atoms with van der Waals surface area (Å²) in [6.07, 6.45) is 1.66. The first-order valence-electron chi connectivity index (χ1n) is 3.61. The van der Waals surface area contributed by atoms with Gasteiger partial charge in [0.25, 0.3) is 0 Å². The van der Waals surface area contributed by atoms with E-state index in [1.807, 2.05) is 0 Å². The van der Waals surface area contributed by atoms with E-state index in [0.717, 1.165) is 0 Å². The number of nitrogens with zero attached hydrogens (tertiary/aromatic N) is 2. The molecule has 0 aromatic carbocycles. The van der Waals surface area contributed by atoms with Gasteiger partial charge in [0, 0.05) is 6.20 Å². The van der Waals surface area contributed by atoms with Crippen LogP contribution in [0.2, 0.25) is 0 Å². The highest BCUT2D eigenvalue weighted by Crippen LogP contribution is 2.02. The molecule has 0 aliphatic heterocycles. The number of aromatic nitrogens is 2. The molecule has 5 heteroatoms. The first kappa shape index (κ1) is 8.58. The third kappa shape index (κ3) is 1.98. The predicted molar refractivity (Wildman–Crippen MR) is 43.4 cm³/mol. The lowest BCUT2D eigenvalue weighted by molar-refractivity contribution is -0.141. The van der Waals surface area contributed by atoms with Crippen molar-refractivity contribution in [3.8, 4) is 0 Å². The van der Waals surface area contributed by atoms with Gasteiger partial charge in [-0.05, 0) is 6.07 Å².